The number of carbonyl (C=O) groups is 1. The second-order valence-corrected chi connectivity index (χ2v) is 5.10. The number of anilines is 1. The summed E-state index contributed by atoms with van der Waals surface area (Å²) < 4.78 is 5.77. The van der Waals surface area contributed by atoms with Gasteiger partial charge in [0.1, 0.15) is 5.82 Å². The van der Waals surface area contributed by atoms with Crippen LogP contribution in [0.2, 0.25) is 0 Å². The molecule has 1 aliphatic carbocycles. The lowest BCUT2D eigenvalue weighted by molar-refractivity contribution is -0.0754. The molecule has 102 valence electrons. The molecule has 0 spiro atoms. The molecule has 2 unspecified atom stereocenters. The molecule has 2 atom stereocenters. The van der Waals surface area contributed by atoms with Gasteiger partial charge in [-0.25, -0.2) is 0 Å². The summed E-state index contributed by atoms with van der Waals surface area (Å²) in [6, 6.07) is 3.44. The maximum absolute atomic E-state index is 12.5. The topological polar surface area (TPSA) is 81.3 Å². The van der Waals surface area contributed by atoms with Crippen molar-refractivity contribution in [2.45, 2.75) is 37.8 Å². The smallest absolute Gasteiger partial charge is 0.274 e. The number of aromatic nitrogens is 2. The van der Waals surface area contributed by atoms with Gasteiger partial charge >= 0.3 is 0 Å². The Morgan fingerprint density at radius 3 is 2.95 bits per heavy atom. The van der Waals surface area contributed by atoms with Gasteiger partial charge in [-0.2, -0.15) is 0 Å². The zero-order valence-corrected chi connectivity index (χ0v) is 10.8. The average Bonchev–Trinajstić information content (AvgIpc) is 2.47. The number of morpholine rings is 1. The summed E-state index contributed by atoms with van der Waals surface area (Å²) in [5.74, 6) is 0.266. The van der Waals surface area contributed by atoms with Gasteiger partial charge in [-0.3, -0.25) is 4.79 Å². The van der Waals surface area contributed by atoms with Crippen LogP contribution in [0.15, 0.2) is 12.1 Å². The number of carbonyl (C=O) groups excluding carboxylic acids is 1. The SMILES string of the molecule is Nc1ccc(C(=O)N2CCOC3CCCCC32)nn1. The molecule has 2 N–H and O–H groups in total. The Morgan fingerprint density at radius 1 is 1.32 bits per heavy atom. The molecule has 1 saturated heterocycles. The first-order valence-electron chi connectivity index (χ1n) is 6.77. The van der Waals surface area contributed by atoms with Gasteiger partial charge in [0.25, 0.3) is 5.91 Å². The van der Waals surface area contributed by atoms with Crippen molar-refractivity contribution in [3.63, 3.8) is 0 Å². The molecule has 1 aromatic heterocycles. The Hall–Kier alpha value is -1.69. The summed E-state index contributed by atoms with van der Waals surface area (Å²) in [6.45, 7) is 1.24. The summed E-state index contributed by atoms with van der Waals surface area (Å²) in [4.78, 5) is 14.4. The van der Waals surface area contributed by atoms with Crippen LogP contribution >= 0.6 is 0 Å². The molecule has 6 heteroatoms. The van der Waals surface area contributed by atoms with Crippen LogP contribution in [0.1, 0.15) is 36.2 Å². The number of nitrogens with zero attached hydrogens (tertiary/aromatic N) is 3. The molecule has 1 aromatic rings. The number of ether oxygens (including phenoxy) is 1. The van der Waals surface area contributed by atoms with E-state index in [9.17, 15) is 4.79 Å². The second-order valence-electron chi connectivity index (χ2n) is 5.10. The quantitative estimate of drug-likeness (QED) is 0.811. The van der Waals surface area contributed by atoms with Gasteiger partial charge < -0.3 is 15.4 Å². The van der Waals surface area contributed by atoms with Crippen molar-refractivity contribution in [3.8, 4) is 0 Å². The van der Waals surface area contributed by atoms with E-state index in [2.05, 4.69) is 10.2 Å². The summed E-state index contributed by atoms with van der Waals surface area (Å²) in [7, 11) is 0. The molecule has 19 heavy (non-hydrogen) atoms. The monoisotopic (exact) mass is 262 g/mol. The number of amides is 1. The normalized spacial score (nSPS) is 26.8. The summed E-state index contributed by atoms with van der Waals surface area (Å²) in [5, 5.41) is 7.63. The lowest BCUT2D eigenvalue weighted by Crippen LogP contribution is -2.55. The maximum Gasteiger partial charge on any atom is 0.274 e. The molecule has 2 heterocycles. The van der Waals surface area contributed by atoms with E-state index in [-0.39, 0.29) is 18.1 Å². The molecular weight excluding hydrogens is 244 g/mol. The van der Waals surface area contributed by atoms with Gasteiger partial charge in [0.05, 0.1) is 18.8 Å². The first-order valence-corrected chi connectivity index (χ1v) is 6.77. The van der Waals surface area contributed by atoms with Crippen molar-refractivity contribution >= 4 is 11.7 Å². The van der Waals surface area contributed by atoms with E-state index in [0.717, 1.165) is 19.3 Å². The van der Waals surface area contributed by atoms with Gasteiger partial charge in [-0.1, -0.05) is 12.8 Å². The van der Waals surface area contributed by atoms with Crippen LogP contribution in [0.25, 0.3) is 0 Å². The minimum atomic E-state index is -0.0623. The molecule has 2 aliphatic rings. The van der Waals surface area contributed by atoms with Crippen LogP contribution in [-0.4, -0.2) is 46.3 Å². The summed E-state index contributed by atoms with van der Waals surface area (Å²) in [6.07, 6.45) is 4.58. The zero-order chi connectivity index (χ0) is 13.2. The fourth-order valence-electron chi connectivity index (χ4n) is 2.95. The Kier molecular flexibility index (Phi) is 3.33. The third-order valence-electron chi connectivity index (χ3n) is 3.90. The molecule has 1 amide bonds. The minimum Gasteiger partial charge on any atom is -0.382 e. The molecule has 0 radical (unpaired) electrons. The van der Waals surface area contributed by atoms with E-state index in [1.807, 2.05) is 4.90 Å². The van der Waals surface area contributed by atoms with Crippen molar-refractivity contribution in [2.75, 3.05) is 18.9 Å². The minimum absolute atomic E-state index is 0.0623. The molecule has 3 rings (SSSR count). The van der Waals surface area contributed by atoms with Crippen LogP contribution in [0, 0.1) is 0 Å². The number of hydrogen-bond acceptors (Lipinski definition) is 5. The maximum atomic E-state index is 12.5. The molecule has 6 nitrogen and oxygen atoms in total. The standard InChI is InChI=1S/C13H18N4O2/c14-12-6-5-9(15-16-12)13(18)17-7-8-19-11-4-2-1-3-10(11)17/h5-6,10-11H,1-4,7-8H2,(H2,14,16). The molecule has 2 fully saturated rings. The van der Waals surface area contributed by atoms with Crippen LogP contribution in [0.3, 0.4) is 0 Å². The van der Waals surface area contributed by atoms with E-state index in [4.69, 9.17) is 10.5 Å². The number of nitrogens with two attached hydrogens (primary N) is 1. The van der Waals surface area contributed by atoms with E-state index in [1.54, 1.807) is 12.1 Å². The highest BCUT2D eigenvalue weighted by Gasteiger charge is 2.37. The highest BCUT2D eigenvalue weighted by Crippen LogP contribution is 2.29. The van der Waals surface area contributed by atoms with E-state index >= 15 is 0 Å². The zero-order valence-electron chi connectivity index (χ0n) is 10.8. The summed E-state index contributed by atoms with van der Waals surface area (Å²) >= 11 is 0. The fourth-order valence-corrected chi connectivity index (χ4v) is 2.95. The highest BCUT2D eigenvalue weighted by molar-refractivity contribution is 5.92. The van der Waals surface area contributed by atoms with Crippen molar-refractivity contribution in [1.82, 2.24) is 15.1 Å². The van der Waals surface area contributed by atoms with Crippen molar-refractivity contribution < 1.29 is 9.53 Å². The van der Waals surface area contributed by atoms with Gasteiger partial charge in [0, 0.05) is 6.54 Å². The van der Waals surface area contributed by atoms with E-state index < -0.39 is 0 Å². The van der Waals surface area contributed by atoms with Crippen molar-refractivity contribution in [3.05, 3.63) is 17.8 Å². The predicted octanol–water partition coefficient (Wildman–Crippen LogP) is 0.842. The number of fused-ring (bicyclic) bond motifs is 1. The van der Waals surface area contributed by atoms with Gasteiger partial charge in [-0.05, 0) is 25.0 Å². The third kappa shape index (κ3) is 2.40. The van der Waals surface area contributed by atoms with Crippen LogP contribution in [0.5, 0.6) is 0 Å². The Bertz CT molecular complexity index is 460. The molecule has 1 saturated carbocycles. The summed E-state index contributed by atoms with van der Waals surface area (Å²) in [5.41, 5.74) is 5.85. The second kappa shape index (κ2) is 5.13. The Morgan fingerprint density at radius 2 is 2.16 bits per heavy atom. The number of nitrogen functional groups attached to an aromatic ring is 1. The third-order valence-corrected chi connectivity index (χ3v) is 3.90. The average molecular weight is 262 g/mol. The first kappa shape index (κ1) is 12.3. The first-order chi connectivity index (χ1) is 9.25. The molecule has 0 bridgehead atoms. The van der Waals surface area contributed by atoms with Crippen LogP contribution < -0.4 is 5.73 Å². The van der Waals surface area contributed by atoms with E-state index in [0.29, 0.717) is 24.7 Å². The van der Waals surface area contributed by atoms with Crippen LogP contribution in [0.4, 0.5) is 5.82 Å². The van der Waals surface area contributed by atoms with Gasteiger partial charge in [0.15, 0.2) is 5.69 Å². The lowest BCUT2D eigenvalue weighted by atomic mass is 9.90. The molecular formula is C13H18N4O2. The molecule has 0 aromatic carbocycles. The van der Waals surface area contributed by atoms with E-state index in [1.165, 1.54) is 6.42 Å². The Labute approximate surface area is 111 Å². The molecule has 1 aliphatic heterocycles. The largest absolute Gasteiger partial charge is 0.382 e. The van der Waals surface area contributed by atoms with Gasteiger partial charge in [0.2, 0.25) is 0 Å². The van der Waals surface area contributed by atoms with Crippen LogP contribution in [-0.2, 0) is 4.74 Å². The lowest BCUT2D eigenvalue weighted by Gasteiger charge is -2.43. The van der Waals surface area contributed by atoms with Crippen molar-refractivity contribution in [2.24, 2.45) is 0 Å². The Balaban J connectivity index is 1.79. The predicted molar refractivity (Wildman–Crippen MR) is 69.5 cm³/mol. The highest BCUT2D eigenvalue weighted by atomic mass is 16.5. The van der Waals surface area contributed by atoms with Crippen molar-refractivity contribution in [1.29, 1.82) is 0 Å². The van der Waals surface area contributed by atoms with Gasteiger partial charge in [-0.15, -0.1) is 10.2 Å². The number of rotatable bonds is 1. The number of hydrogen-bond donors (Lipinski definition) is 1. The fraction of sp³-hybridized carbons (Fsp3) is 0.615.